The van der Waals surface area contributed by atoms with Gasteiger partial charge >= 0.3 is 0 Å². The number of hydrogen-bond acceptors (Lipinski definition) is 3. The third kappa shape index (κ3) is 2.53. The van der Waals surface area contributed by atoms with Crippen molar-refractivity contribution in [3.8, 4) is 0 Å². The zero-order chi connectivity index (χ0) is 12.6. The maximum atomic E-state index is 13.3. The molecule has 1 amide bonds. The Labute approximate surface area is 104 Å². The summed E-state index contributed by atoms with van der Waals surface area (Å²) in [5, 5.41) is 1.90. The first kappa shape index (κ1) is 12.2. The normalized spacial score (nSPS) is 12.7. The van der Waals surface area contributed by atoms with Crippen LogP contribution in [0.4, 0.5) is 13.9 Å². The van der Waals surface area contributed by atoms with Crippen molar-refractivity contribution >= 4 is 44.2 Å². The van der Waals surface area contributed by atoms with Gasteiger partial charge < -0.3 is 5.32 Å². The summed E-state index contributed by atoms with van der Waals surface area (Å²) < 4.78 is 26.6. The molecule has 0 fully saturated rings. The van der Waals surface area contributed by atoms with Crippen molar-refractivity contribution in [2.45, 2.75) is 12.3 Å². The third-order valence-electron chi connectivity index (χ3n) is 2.00. The molecule has 2 rings (SSSR count). The van der Waals surface area contributed by atoms with Crippen molar-refractivity contribution in [3.05, 3.63) is 23.8 Å². The van der Waals surface area contributed by atoms with Gasteiger partial charge in [0.1, 0.15) is 16.7 Å². The van der Waals surface area contributed by atoms with Crippen LogP contribution in [0.2, 0.25) is 0 Å². The molecule has 1 heterocycles. The van der Waals surface area contributed by atoms with Crippen molar-refractivity contribution in [1.82, 2.24) is 4.98 Å². The number of amides is 1. The fraction of sp³-hybridized carbons (Fsp3) is 0.200. The Balaban J connectivity index is 2.38. The van der Waals surface area contributed by atoms with E-state index in [1.165, 1.54) is 6.92 Å². The first-order valence-corrected chi connectivity index (χ1v) is 5.93. The van der Waals surface area contributed by atoms with Gasteiger partial charge in [0.2, 0.25) is 5.91 Å². The Hall–Kier alpha value is -1.27. The van der Waals surface area contributed by atoms with E-state index in [2.05, 4.69) is 10.3 Å². The molecule has 0 spiro atoms. The second-order valence-corrected chi connectivity index (χ2v) is 5.04. The lowest BCUT2D eigenvalue weighted by Crippen LogP contribution is -2.20. The van der Waals surface area contributed by atoms with Crippen LogP contribution in [-0.4, -0.2) is 16.3 Å². The fourth-order valence-electron chi connectivity index (χ4n) is 1.22. The van der Waals surface area contributed by atoms with E-state index in [1.54, 1.807) is 0 Å². The van der Waals surface area contributed by atoms with Gasteiger partial charge in [0.05, 0.1) is 4.70 Å². The van der Waals surface area contributed by atoms with E-state index < -0.39 is 22.9 Å². The topological polar surface area (TPSA) is 42.0 Å². The highest BCUT2D eigenvalue weighted by Gasteiger charge is 2.14. The Morgan fingerprint density at radius 3 is 2.88 bits per heavy atom. The molecule has 1 aromatic heterocycles. The van der Waals surface area contributed by atoms with E-state index in [4.69, 9.17) is 11.6 Å². The molecule has 1 N–H and O–H groups in total. The summed E-state index contributed by atoms with van der Waals surface area (Å²) in [4.78, 5) is 15.2. The first-order valence-electron chi connectivity index (χ1n) is 4.68. The lowest BCUT2D eigenvalue weighted by atomic mass is 10.3. The predicted molar refractivity (Wildman–Crippen MR) is 63.5 cm³/mol. The van der Waals surface area contributed by atoms with E-state index in [0.717, 1.165) is 23.5 Å². The number of alkyl halides is 1. The molecule has 0 aliphatic carbocycles. The number of nitrogens with one attached hydrogen (secondary N) is 1. The van der Waals surface area contributed by atoms with Gasteiger partial charge in [-0.05, 0) is 13.0 Å². The molecule has 1 atom stereocenters. The lowest BCUT2D eigenvalue weighted by Gasteiger charge is -2.01. The maximum Gasteiger partial charge on any atom is 0.243 e. The summed E-state index contributed by atoms with van der Waals surface area (Å²) in [6.07, 6.45) is 0. The molecule has 17 heavy (non-hydrogen) atoms. The number of anilines is 1. The zero-order valence-corrected chi connectivity index (χ0v) is 10.2. The van der Waals surface area contributed by atoms with Crippen LogP contribution in [-0.2, 0) is 4.79 Å². The van der Waals surface area contributed by atoms with E-state index in [-0.39, 0.29) is 10.6 Å². The second-order valence-electron chi connectivity index (χ2n) is 3.36. The van der Waals surface area contributed by atoms with Crippen molar-refractivity contribution < 1.29 is 13.6 Å². The van der Waals surface area contributed by atoms with E-state index in [9.17, 15) is 13.6 Å². The Morgan fingerprint density at radius 2 is 2.24 bits per heavy atom. The summed E-state index contributed by atoms with van der Waals surface area (Å²) in [5.74, 6) is -1.87. The summed E-state index contributed by atoms with van der Waals surface area (Å²) in [5.41, 5.74) is 0.0360. The van der Waals surface area contributed by atoms with E-state index in [1.807, 2.05) is 0 Å². The summed E-state index contributed by atoms with van der Waals surface area (Å²) in [7, 11) is 0. The zero-order valence-electron chi connectivity index (χ0n) is 8.63. The second kappa shape index (κ2) is 4.54. The Morgan fingerprint density at radius 1 is 1.53 bits per heavy atom. The highest BCUT2D eigenvalue weighted by molar-refractivity contribution is 7.22. The molecular weight excluding hydrogens is 270 g/mol. The number of nitrogens with zero attached hydrogens (tertiary/aromatic N) is 1. The number of rotatable bonds is 2. The van der Waals surface area contributed by atoms with Crippen molar-refractivity contribution in [2.24, 2.45) is 0 Å². The molecule has 0 bridgehead atoms. The van der Waals surface area contributed by atoms with Crippen molar-refractivity contribution in [3.63, 3.8) is 0 Å². The van der Waals surface area contributed by atoms with Gasteiger partial charge in [0.15, 0.2) is 10.9 Å². The quantitative estimate of drug-likeness (QED) is 0.856. The summed E-state index contributed by atoms with van der Waals surface area (Å²) in [6.45, 7) is 1.50. The van der Waals surface area contributed by atoms with Crippen LogP contribution in [0.25, 0.3) is 10.2 Å². The molecular formula is C10H7ClF2N2OS. The van der Waals surface area contributed by atoms with Gasteiger partial charge in [-0.1, -0.05) is 11.3 Å². The molecule has 3 nitrogen and oxygen atoms in total. The van der Waals surface area contributed by atoms with Gasteiger partial charge in [-0.15, -0.1) is 11.6 Å². The van der Waals surface area contributed by atoms with Gasteiger partial charge in [-0.25, -0.2) is 13.8 Å². The van der Waals surface area contributed by atoms with Gasteiger partial charge in [0, 0.05) is 6.07 Å². The SMILES string of the molecule is C[C@H](Cl)C(=O)Nc1nc2c(F)cc(F)cc2s1. The molecule has 0 unspecified atom stereocenters. The first-order chi connectivity index (χ1) is 7.97. The molecule has 0 aliphatic rings. The number of halogens is 3. The molecule has 0 saturated carbocycles. The van der Waals surface area contributed by atoms with Crippen LogP contribution < -0.4 is 5.32 Å². The number of hydrogen-bond donors (Lipinski definition) is 1. The van der Waals surface area contributed by atoms with Crippen LogP contribution in [0.15, 0.2) is 12.1 Å². The van der Waals surface area contributed by atoms with Crippen LogP contribution in [0.5, 0.6) is 0 Å². The van der Waals surface area contributed by atoms with Crippen LogP contribution in [0.1, 0.15) is 6.92 Å². The largest absolute Gasteiger partial charge is 0.301 e. The Bertz CT molecular complexity index is 585. The highest BCUT2D eigenvalue weighted by Crippen LogP contribution is 2.28. The number of carbonyl (C=O) groups excluding carboxylic acids is 1. The number of aromatic nitrogens is 1. The molecule has 7 heteroatoms. The number of thiazole rings is 1. The van der Waals surface area contributed by atoms with Gasteiger partial charge in [0.25, 0.3) is 0 Å². The monoisotopic (exact) mass is 276 g/mol. The van der Waals surface area contributed by atoms with E-state index >= 15 is 0 Å². The molecule has 0 radical (unpaired) electrons. The Kier molecular flexibility index (Phi) is 3.26. The standard InChI is InChI=1S/C10H7ClF2N2OS/c1-4(11)9(16)15-10-14-8-6(13)2-5(12)3-7(8)17-10/h2-4H,1H3,(H,14,15,16)/t4-/m0/s1. The van der Waals surface area contributed by atoms with E-state index in [0.29, 0.717) is 4.70 Å². The van der Waals surface area contributed by atoms with Crippen molar-refractivity contribution in [1.29, 1.82) is 0 Å². The predicted octanol–water partition coefficient (Wildman–Crippen LogP) is 3.14. The average molecular weight is 277 g/mol. The smallest absolute Gasteiger partial charge is 0.243 e. The minimum Gasteiger partial charge on any atom is -0.301 e. The van der Waals surface area contributed by atoms with Crippen molar-refractivity contribution in [2.75, 3.05) is 5.32 Å². The van der Waals surface area contributed by atoms with Crippen LogP contribution in [0, 0.1) is 11.6 Å². The number of fused-ring (bicyclic) bond motifs is 1. The summed E-state index contributed by atoms with van der Waals surface area (Å²) in [6, 6.07) is 1.91. The third-order valence-corrected chi connectivity index (χ3v) is 3.12. The fourth-order valence-corrected chi connectivity index (χ4v) is 2.18. The summed E-state index contributed by atoms with van der Waals surface area (Å²) >= 11 is 6.55. The minimum atomic E-state index is -0.754. The van der Waals surface area contributed by atoms with Crippen LogP contribution in [0.3, 0.4) is 0 Å². The molecule has 90 valence electrons. The van der Waals surface area contributed by atoms with Gasteiger partial charge in [-0.3, -0.25) is 4.79 Å². The lowest BCUT2D eigenvalue weighted by molar-refractivity contribution is -0.115. The molecule has 1 aromatic carbocycles. The number of benzene rings is 1. The highest BCUT2D eigenvalue weighted by atomic mass is 35.5. The maximum absolute atomic E-state index is 13.3. The minimum absolute atomic E-state index is 0.0360. The number of carbonyl (C=O) groups is 1. The van der Waals surface area contributed by atoms with Crippen LogP contribution >= 0.6 is 22.9 Å². The average Bonchev–Trinajstić information content (AvgIpc) is 2.60. The molecule has 0 saturated heterocycles. The van der Waals surface area contributed by atoms with Gasteiger partial charge in [-0.2, -0.15) is 0 Å². The molecule has 2 aromatic rings. The molecule has 0 aliphatic heterocycles.